The topological polar surface area (TPSA) is 54.7 Å². The molecule has 24 heavy (non-hydrogen) atoms. The van der Waals surface area contributed by atoms with Crippen molar-refractivity contribution >= 4 is 5.78 Å². The van der Waals surface area contributed by atoms with Gasteiger partial charge in [0.15, 0.2) is 0 Å². The van der Waals surface area contributed by atoms with Crippen LogP contribution in [0.1, 0.15) is 17.3 Å². The quantitative estimate of drug-likeness (QED) is 0.794. The lowest BCUT2D eigenvalue weighted by atomic mass is 10.0. The number of fused-ring (bicyclic) bond motifs is 1. The minimum atomic E-state index is 0.271. The SMILES string of the molecule is COc1ccccc1C1CNCCN1Cc1cn2cccnc2n1. The summed E-state index contributed by atoms with van der Waals surface area (Å²) in [4.78, 5) is 11.4. The Bertz CT molecular complexity index is 798. The first-order valence-electron chi connectivity index (χ1n) is 8.21. The van der Waals surface area contributed by atoms with Crippen LogP contribution in [0.15, 0.2) is 48.9 Å². The van der Waals surface area contributed by atoms with Gasteiger partial charge in [-0.05, 0) is 12.1 Å². The number of hydrogen-bond donors (Lipinski definition) is 1. The molecule has 6 heteroatoms. The Morgan fingerprint density at radius 3 is 3.08 bits per heavy atom. The molecule has 124 valence electrons. The van der Waals surface area contributed by atoms with Gasteiger partial charge in [-0.2, -0.15) is 0 Å². The maximum absolute atomic E-state index is 5.56. The minimum Gasteiger partial charge on any atom is -0.496 e. The molecule has 1 aliphatic heterocycles. The van der Waals surface area contributed by atoms with Crippen LogP contribution in [0.5, 0.6) is 5.75 Å². The third-order valence-corrected chi connectivity index (χ3v) is 4.50. The molecule has 1 aromatic carbocycles. The smallest absolute Gasteiger partial charge is 0.233 e. The molecule has 6 nitrogen and oxygen atoms in total. The lowest BCUT2D eigenvalue weighted by Gasteiger charge is -2.36. The number of piperazine rings is 1. The first kappa shape index (κ1) is 15.1. The Kier molecular flexibility index (Phi) is 4.15. The van der Waals surface area contributed by atoms with E-state index in [1.165, 1.54) is 5.56 Å². The zero-order chi connectivity index (χ0) is 16.4. The number of nitrogens with zero attached hydrogens (tertiary/aromatic N) is 4. The van der Waals surface area contributed by atoms with Gasteiger partial charge in [0.25, 0.3) is 0 Å². The molecular formula is C18H21N5O. The van der Waals surface area contributed by atoms with Crippen LogP contribution in [0, 0.1) is 0 Å². The summed E-state index contributed by atoms with van der Waals surface area (Å²) in [6.45, 7) is 3.67. The second-order valence-electron chi connectivity index (χ2n) is 5.99. The summed E-state index contributed by atoms with van der Waals surface area (Å²) in [6, 6.07) is 10.4. The molecule has 1 aliphatic rings. The van der Waals surface area contributed by atoms with Crippen LogP contribution >= 0.6 is 0 Å². The van der Waals surface area contributed by atoms with E-state index in [1.807, 2.05) is 28.8 Å². The van der Waals surface area contributed by atoms with Crippen LogP contribution < -0.4 is 10.1 Å². The fraction of sp³-hybridized carbons (Fsp3) is 0.333. The predicted octanol–water partition coefficient (Wildman–Crippen LogP) is 1.88. The molecule has 2 aromatic heterocycles. The van der Waals surface area contributed by atoms with Crippen LogP contribution in [0.4, 0.5) is 0 Å². The lowest BCUT2D eigenvalue weighted by Crippen LogP contribution is -2.45. The molecule has 1 N–H and O–H groups in total. The van der Waals surface area contributed by atoms with Gasteiger partial charge in [-0.15, -0.1) is 0 Å². The number of methoxy groups -OCH3 is 1. The first-order chi connectivity index (χ1) is 11.8. The zero-order valence-electron chi connectivity index (χ0n) is 13.7. The van der Waals surface area contributed by atoms with Crippen molar-refractivity contribution < 1.29 is 4.74 Å². The summed E-state index contributed by atoms with van der Waals surface area (Å²) < 4.78 is 7.53. The molecule has 0 saturated carbocycles. The van der Waals surface area contributed by atoms with E-state index < -0.39 is 0 Å². The number of benzene rings is 1. The van der Waals surface area contributed by atoms with Crippen LogP contribution in [0.2, 0.25) is 0 Å². The third kappa shape index (κ3) is 2.86. The lowest BCUT2D eigenvalue weighted by molar-refractivity contribution is 0.149. The van der Waals surface area contributed by atoms with Gasteiger partial charge in [0.2, 0.25) is 5.78 Å². The number of hydrogen-bond acceptors (Lipinski definition) is 5. The Hall–Kier alpha value is -2.44. The highest BCUT2D eigenvalue weighted by atomic mass is 16.5. The van der Waals surface area contributed by atoms with Crippen LogP contribution in [-0.4, -0.2) is 46.0 Å². The van der Waals surface area contributed by atoms with Crippen molar-refractivity contribution in [2.24, 2.45) is 0 Å². The summed E-state index contributed by atoms with van der Waals surface area (Å²) in [6.07, 6.45) is 5.81. The summed E-state index contributed by atoms with van der Waals surface area (Å²) in [5.74, 6) is 1.68. The van der Waals surface area contributed by atoms with Gasteiger partial charge in [0.1, 0.15) is 5.75 Å². The maximum atomic E-state index is 5.56. The van der Waals surface area contributed by atoms with E-state index in [0.29, 0.717) is 0 Å². The van der Waals surface area contributed by atoms with Crippen molar-refractivity contribution in [3.05, 3.63) is 60.2 Å². The second-order valence-corrected chi connectivity index (χ2v) is 5.99. The van der Waals surface area contributed by atoms with E-state index in [-0.39, 0.29) is 6.04 Å². The molecule has 1 unspecified atom stereocenters. The van der Waals surface area contributed by atoms with Gasteiger partial charge in [-0.3, -0.25) is 9.30 Å². The Labute approximate surface area is 141 Å². The van der Waals surface area contributed by atoms with Crippen molar-refractivity contribution in [1.82, 2.24) is 24.6 Å². The largest absolute Gasteiger partial charge is 0.496 e. The molecule has 1 saturated heterocycles. The first-order valence-corrected chi connectivity index (χ1v) is 8.21. The van der Waals surface area contributed by atoms with E-state index in [0.717, 1.165) is 43.4 Å². The van der Waals surface area contributed by atoms with Crippen molar-refractivity contribution in [3.8, 4) is 5.75 Å². The van der Waals surface area contributed by atoms with Gasteiger partial charge in [-0.25, -0.2) is 9.97 Å². The molecule has 4 rings (SSSR count). The van der Waals surface area contributed by atoms with Gasteiger partial charge >= 0.3 is 0 Å². The van der Waals surface area contributed by atoms with E-state index in [1.54, 1.807) is 13.3 Å². The zero-order valence-corrected chi connectivity index (χ0v) is 13.7. The number of aromatic nitrogens is 3. The predicted molar refractivity (Wildman–Crippen MR) is 92.0 cm³/mol. The summed E-state index contributed by atoms with van der Waals surface area (Å²) >= 11 is 0. The monoisotopic (exact) mass is 323 g/mol. The highest BCUT2D eigenvalue weighted by Crippen LogP contribution is 2.30. The normalized spacial score (nSPS) is 18.8. The van der Waals surface area contributed by atoms with Gasteiger partial charge in [0, 0.05) is 50.3 Å². The Morgan fingerprint density at radius 2 is 2.21 bits per heavy atom. The molecule has 1 fully saturated rings. The molecule has 0 bridgehead atoms. The summed E-state index contributed by atoms with van der Waals surface area (Å²) in [5.41, 5.74) is 2.25. The van der Waals surface area contributed by atoms with E-state index in [4.69, 9.17) is 4.74 Å². The maximum Gasteiger partial charge on any atom is 0.233 e. The van der Waals surface area contributed by atoms with Gasteiger partial charge < -0.3 is 10.1 Å². The fourth-order valence-corrected chi connectivity index (χ4v) is 3.35. The standard InChI is InChI=1S/C18H21N5O/c1-24-17-6-3-2-5-15(17)16-11-19-8-10-22(16)12-14-13-23-9-4-7-20-18(23)21-14/h2-7,9,13,16,19H,8,10-12H2,1H3. The minimum absolute atomic E-state index is 0.271. The molecule has 0 spiro atoms. The molecule has 0 radical (unpaired) electrons. The number of rotatable bonds is 4. The number of nitrogens with one attached hydrogen (secondary N) is 1. The number of ether oxygens (including phenoxy) is 1. The van der Waals surface area contributed by atoms with Crippen molar-refractivity contribution in [3.63, 3.8) is 0 Å². The van der Waals surface area contributed by atoms with E-state index in [2.05, 4.69) is 38.5 Å². The Morgan fingerprint density at radius 1 is 1.29 bits per heavy atom. The average Bonchev–Trinajstić information content (AvgIpc) is 3.04. The van der Waals surface area contributed by atoms with Crippen molar-refractivity contribution in [1.29, 1.82) is 0 Å². The average molecular weight is 323 g/mol. The van der Waals surface area contributed by atoms with E-state index >= 15 is 0 Å². The fourth-order valence-electron chi connectivity index (χ4n) is 3.35. The van der Waals surface area contributed by atoms with E-state index in [9.17, 15) is 0 Å². The van der Waals surface area contributed by atoms with Crippen molar-refractivity contribution in [2.75, 3.05) is 26.7 Å². The number of para-hydroxylation sites is 1. The van der Waals surface area contributed by atoms with Crippen molar-refractivity contribution in [2.45, 2.75) is 12.6 Å². The second kappa shape index (κ2) is 6.59. The summed E-state index contributed by atoms with van der Waals surface area (Å²) in [5, 5.41) is 3.49. The van der Waals surface area contributed by atoms with Crippen LogP contribution in [-0.2, 0) is 6.54 Å². The Balaban J connectivity index is 1.62. The highest BCUT2D eigenvalue weighted by Gasteiger charge is 2.26. The van der Waals surface area contributed by atoms with Gasteiger partial charge in [-0.1, -0.05) is 18.2 Å². The molecule has 1 atom stereocenters. The summed E-state index contributed by atoms with van der Waals surface area (Å²) in [7, 11) is 1.73. The molecule has 0 amide bonds. The highest BCUT2D eigenvalue weighted by molar-refractivity contribution is 5.36. The van der Waals surface area contributed by atoms with Gasteiger partial charge in [0.05, 0.1) is 18.8 Å². The third-order valence-electron chi connectivity index (χ3n) is 4.50. The van der Waals surface area contributed by atoms with Crippen LogP contribution in [0.3, 0.4) is 0 Å². The molecular weight excluding hydrogens is 302 g/mol. The molecule has 0 aliphatic carbocycles. The van der Waals surface area contributed by atoms with Crippen LogP contribution in [0.25, 0.3) is 5.78 Å². The number of imidazole rings is 1. The molecule has 3 aromatic rings. The molecule has 3 heterocycles.